The fraction of sp³-hybridized carbons (Fsp3) is 0.333. The molecule has 1 saturated heterocycles. The molecule has 3 rings (SSSR count). The van der Waals surface area contributed by atoms with Crippen molar-refractivity contribution in [2.45, 2.75) is 13.5 Å². The van der Waals surface area contributed by atoms with E-state index in [0.717, 1.165) is 36.5 Å². The van der Waals surface area contributed by atoms with Crippen molar-refractivity contribution < 1.29 is 14.3 Å². The Morgan fingerprint density at radius 1 is 1.11 bits per heavy atom. The zero-order valence-corrected chi connectivity index (χ0v) is 16.1. The van der Waals surface area contributed by atoms with Crippen molar-refractivity contribution in [2.24, 2.45) is 0 Å². The monoisotopic (exact) mass is 386 g/mol. The molecule has 27 heavy (non-hydrogen) atoms. The van der Waals surface area contributed by atoms with Gasteiger partial charge in [0.2, 0.25) is 0 Å². The molecule has 1 heterocycles. The number of carbonyl (C=O) groups is 2. The molecule has 0 spiro atoms. The molecule has 2 aromatic rings. The predicted molar refractivity (Wildman–Crippen MR) is 105 cm³/mol. The molecule has 0 saturated carbocycles. The Hall–Kier alpha value is -2.37. The van der Waals surface area contributed by atoms with Gasteiger partial charge in [0.05, 0.1) is 0 Å². The van der Waals surface area contributed by atoms with Crippen molar-refractivity contribution in [3.05, 3.63) is 64.2 Å². The van der Waals surface area contributed by atoms with Crippen LogP contribution in [0.5, 0.6) is 5.75 Å². The van der Waals surface area contributed by atoms with Crippen LogP contribution in [-0.2, 0) is 11.3 Å². The molecule has 6 heteroatoms. The number of carbonyl (C=O) groups excluding carboxylic acids is 2. The van der Waals surface area contributed by atoms with Gasteiger partial charge in [-0.25, -0.2) is 0 Å². The van der Waals surface area contributed by atoms with Crippen molar-refractivity contribution >= 4 is 23.8 Å². The first-order chi connectivity index (χ1) is 13.0. The second-order valence-electron chi connectivity index (χ2n) is 6.71. The Morgan fingerprint density at radius 2 is 1.81 bits per heavy atom. The van der Waals surface area contributed by atoms with Crippen molar-refractivity contribution in [3.8, 4) is 5.75 Å². The molecule has 0 N–H and O–H groups in total. The van der Waals surface area contributed by atoms with Crippen molar-refractivity contribution in [1.29, 1.82) is 0 Å². The van der Waals surface area contributed by atoms with Crippen molar-refractivity contribution in [1.82, 2.24) is 9.80 Å². The number of aryl methyl sites for hydroxylation is 1. The van der Waals surface area contributed by atoms with Crippen LogP contribution >= 0.6 is 11.6 Å². The summed E-state index contributed by atoms with van der Waals surface area (Å²) in [4.78, 5) is 27.4. The summed E-state index contributed by atoms with van der Waals surface area (Å²) >= 11 is 5.92. The Labute approximate surface area is 164 Å². The first-order valence-electron chi connectivity index (χ1n) is 8.98. The highest BCUT2D eigenvalue weighted by molar-refractivity contribution is 6.30. The van der Waals surface area contributed by atoms with E-state index in [9.17, 15) is 9.59 Å². The third kappa shape index (κ3) is 5.31. The Bertz CT molecular complexity index is 800. The van der Waals surface area contributed by atoms with E-state index in [4.69, 9.17) is 16.3 Å². The summed E-state index contributed by atoms with van der Waals surface area (Å²) in [5.74, 6) is 0.621. The van der Waals surface area contributed by atoms with E-state index in [0.29, 0.717) is 24.4 Å². The largest absolute Gasteiger partial charge is 0.483 e. The minimum atomic E-state index is -0.0139. The van der Waals surface area contributed by atoms with Crippen LogP contribution in [0.1, 0.15) is 21.5 Å². The number of ether oxygens (including phenoxy) is 1. The summed E-state index contributed by atoms with van der Waals surface area (Å²) in [6.45, 7) is 5.79. The topological polar surface area (TPSA) is 49.9 Å². The number of nitrogens with zero attached hydrogens (tertiary/aromatic N) is 2. The zero-order chi connectivity index (χ0) is 19.2. The minimum absolute atomic E-state index is 0.0124. The van der Waals surface area contributed by atoms with Gasteiger partial charge in [-0.05, 0) is 48.4 Å². The van der Waals surface area contributed by atoms with Crippen LogP contribution in [0.4, 0.5) is 0 Å². The average Bonchev–Trinajstić information content (AvgIpc) is 2.69. The first-order valence-corrected chi connectivity index (χ1v) is 9.36. The lowest BCUT2D eigenvalue weighted by molar-refractivity contribution is -0.135. The molecule has 142 valence electrons. The molecule has 5 nitrogen and oxygen atoms in total. The summed E-state index contributed by atoms with van der Waals surface area (Å²) in [6.07, 6.45) is 0.797. The highest BCUT2D eigenvalue weighted by Gasteiger charge is 2.21. The second-order valence-corrected chi connectivity index (χ2v) is 7.15. The van der Waals surface area contributed by atoms with E-state index in [2.05, 4.69) is 4.90 Å². The van der Waals surface area contributed by atoms with Crippen molar-refractivity contribution in [2.75, 3.05) is 32.8 Å². The molecular weight excluding hydrogens is 364 g/mol. The number of halogens is 1. The Kier molecular flexibility index (Phi) is 6.48. The molecule has 1 amide bonds. The van der Waals surface area contributed by atoms with Gasteiger partial charge >= 0.3 is 0 Å². The number of piperazine rings is 1. The number of benzene rings is 2. The highest BCUT2D eigenvalue weighted by Crippen LogP contribution is 2.19. The molecule has 1 aliphatic rings. The van der Waals surface area contributed by atoms with Gasteiger partial charge in [-0.15, -0.1) is 0 Å². The second kappa shape index (κ2) is 9.02. The van der Waals surface area contributed by atoms with Gasteiger partial charge in [-0.2, -0.15) is 0 Å². The van der Waals surface area contributed by atoms with Crippen LogP contribution in [0.3, 0.4) is 0 Å². The molecule has 0 atom stereocenters. The molecule has 1 aliphatic heterocycles. The average molecular weight is 387 g/mol. The summed E-state index contributed by atoms with van der Waals surface area (Å²) in [5.41, 5.74) is 2.67. The van der Waals surface area contributed by atoms with Gasteiger partial charge in [-0.3, -0.25) is 14.5 Å². The van der Waals surface area contributed by atoms with Crippen LogP contribution in [0.25, 0.3) is 0 Å². The van der Waals surface area contributed by atoms with E-state index in [1.807, 2.05) is 36.1 Å². The highest BCUT2D eigenvalue weighted by atomic mass is 35.5. The van der Waals surface area contributed by atoms with Crippen molar-refractivity contribution in [3.63, 3.8) is 0 Å². The summed E-state index contributed by atoms with van der Waals surface area (Å²) in [5, 5.41) is 0.741. The van der Waals surface area contributed by atoms with Crippen LogP contribution in [-0.4, -0.2) is 54.8 Å². The van der Waals surface area contributed by atoms with Gasteiger partial charge in [0.1, 0.15) is 12.0 Å². The lowest BCUT2D eigenvalue weighted by atomic mass is 10.1. The van der Waals surface area contributed by atoms with Gasteiger partial charge in [0, 0.05) is 43.3 Å². The first kappa shape index (κ1) is 19.4. The van der Waals surface area contributed by atoms with E-state index >= 15 is 0 Å². The normalized spacial score (nSPS) is 14.8. The van der Waals surface area contributed by atoms with E-state index in [1.54, 1.807) is 18.2 Å². The molecule has 0 unspecified atom stereocenters. The number of aldehydes is 1. The maximum Gasteiger partial charge on any atom is 0.260 e. The fourth-order valence-electron chi connectivity index (χ4n) is 3.14. The van der Waals surface area contributed by atoms with Gasteiger partial charge in [0.15, 0.2) is 6.61 Å². The maximum atomic E-state index is 12.4. The van der Waals surface area contributed by atoms with E-state index < -0.39 is 0 Å². The quantitative estimate of drug-likeness (QED) is 0.715. The number of amides is 1. The molecule has 0 aromatic heterocycles. The van der Waals surface area contributed by atoms with Gasteiger partial charge in [-0.1, -0.05) is 23.7 Å². The molecule has 0 aliphatic carbocycles. The molecule has 0 bridgehead atoms. The smallest absolute Gasteiger partial charge is 0.260 e. The Morgan fingerprint density at radius 3 is 2.44 bits per heavy atom. The van der Waals surface area contributed by atoms with Gasteiger partial charge in [0.25, 0.3) is 5.91 Å². The lowest BCUT2D eigenvalue weighted by Crippen LogP contribution is -2.49. The number of hydrogen-bond donors (Lipinski definition) is 0. The lowest BCUT2D eigenvalue weighted by Gasteiger charge is -2.34. The third-order valence-corrected chi connectivity index (χ3v) is 4.98. The maximum absolute atomic E-state index is 12.4. The van der Waals surface area contributed by atoms with Gasteiger partial charge < -0.3 is 9.64 Å². The zero-order valence-electron chi connectivity index (χ0n) is 15.4. The predicted octanol–water partition coefficient (Wildman–Crippen LogP) is 3.18. The fourth-order valence-corrected chi connectivity index (χ4v) is 3.27. The van der Waals surface area contributed by atoms with E-state index in [-0.39, 0.29) is 12.5 Å². The summed E-state index contributed by atoms with van der Waals surface area (Å²) in [6, 6.07) is 13.0. The SMILES string of the molecule is Cc1cc(C=O)ccc1OCC(=O)N1CCN(Cc2ccc(Cl)cc2)CC1. The van der Waals surface area contributed by atoms with Crippen LogP contribution in [0, 0.1) is 6.92 Å². The molecule has 1 fully saturated rings. The summed E-state index contributed by atoms with van der Waals surface area (Å²) < 4.78 is 5.65. The number of hydrogen-bond acceptors (Lipinski definition) is 4. The van der Waals surface area contributed by atoms with E-state index in [1.165, 1.54) is 5.56 Å². The minimum Gasteiger partial charge on any atom is -0.483 e. The van der Waals surface area contributed by atoms with Crippen LogP contribution in [0.15, 0.2) is 42.5 Å². The standard InChI is InChI=1S/C21H23ClN2O3/c1-16-12-18(14-25)4-7-20(16)27-15-21(26)24-10-8-23(9-11-24)13-17-2-5-19(22)6-3-17/h2-7,12,14H,8-11,13,15H2,1H3. The van der Waals surface area contributed by atoms with Crippen LogP contribution in [0.2, 0.25) is 5.02 Å². The third-order valence-electron chi connectivity index (χ3n) is 4.73. The van der Waals surface area contributed by atoms with Crippen LogP contribution < -0.4 is 4.74 Å². The molecule has 0 radical (unpaired) electrons. The number of rotatable bonds is 6. The molecule has 2 aromatic carbocycles. The molecular formula is C21H23ClN2O3. The summed E-state index contributed by atoms with van der Waals surface area (Å²) in [7, 11) is 0. The Balaban J connectivity index is 1.45.